The number of nitrogens with one attached hydrogen (secondary N) is 6. The zero-order valence-corrected chi connectivity index (χ0v) is 35.9. The van der Waals surface area contributed by atoms with Crippen molar-refractivity contribution in [2.75, 3.05) is 26.4 Å². The number of hydrogen-bond acceptors (Lipinski definition) is 12. The van der Waals surface area contributed by atoms with Crippen molar-refractivity contribution in [3.63, 3.8) is 0 Å². The number of rotatable bonds is 16. The van der Waals surface area contributed by atoms with E-state index in [2.05, 4.69) is 26.6 Å². The highest BCUT2D eigenvalue weighted by Crippen LogP contribution is 2.47. The summed E-state index contributed by atoms with van der Waals surface area (Å²) >= 11 is 0. The van der Waals surface area contributed by atoms with Gasteiger partial charge >= 0.3 is 12.1 Å². The van der Waals surface area contributed by atoms with Crippen molar-refractivity contribution in [1.29, 1.82) is 0 Å². The molecule has 2 aromatic heterocycles. The Morgan fingerprint density at radius 1 is 0.955 bits per heavy atom. The van der Waals surface area contributed by atoms with Crippen LogP contribution in [0.5, 0.6) is 0 Å². The number of benzene rings is 2. The Bertz CT molecular complexity index is 2780. The summed E-state index contributed by atoms with van der Waals surface area (Å²) in [6, 6.07) is 9.86. The van der Waals surface area contributed by atoms with Crippen molar-refractivity contribution in [3.05, 3.63) is 97.6 Å². The van der Waals surface area contributed by atoms with E-state index < -0.39 is 95.9 Å². The molecule has 2 aromatic carbocycles. The molecule has 0 spiro atoms. The number of halogens is 1. The smallest absolute Gasteiger partial charge is 0.405 e. The molecule has 1 fully saturated rings. The molecule has 4 aromatic rings. The van der Waals surface area contributed by atoms with E-state index in [1.54, 1.807) is 50.2 Å². The van der Waals surface area contributed by atoms with Gasteiger partial charge in [0.2, 0.25) is 23.6 Å². The largest absolute Gasteiger partial charge is 0.465 e. The van der Waals surface area contributed by atoms with Gasteiger partial charge in [0.25, 0.3) is 11.5 Å². The first-order valence-electron chi connectivity index (χ1n) is 21.4. The Labute approximate surface area is 375 Å². The van der Waals surface area contributed by atoms with Crippen molar-refractivity contribution in [2.24, 2.45) is 0 Å². The minimum Gasteiger partial charge on any atom is -0.465 e. The summed E-state index contributed by atoms with van der Waals surface area (Å²) in [5.74, 6) is -4.63. The van der Waals surface area contributed by atoms with Gasteiger partial charge in [0.15, 0.2) is 5.60 Å². The average Bonchev–Trinajstić information content (AvgIpc) is 4.00. The van der Waals surface area contributed by atoms with Crippen LogP contribution in [0.2, 0.25) is 0 Å². The van der Waals surface area contributed by atoms with E-state index in [4.69, 9.17) is 19.6 Å². The number of aryl methyl sites for hydroxylation is 1. The maximum atomic E-state index is 15.4. The van der Waals surface area contributed by atoms with Gasteiger partial charge in [0, 0.05) is 29.0 Å². The molecule has 20 nitrogen and oxygen atoms in total. The first-order chi connectivity index (χ1) is 31.5. The Morgan fingerprint density at radius 3 is 2.38 bits per heavy atom. The van der Waals surface area contributed by atoms with Crippen LogP contribution in [0.1, 0.15) is 77.6 Å². The average molecular weight is 911 g/mol. The number of ether oxygens (including phenoxy) is 2. The molecule has 0 saturated heterocycles. The highest BCUT2D eigenvalue weighted by molar-refractivity contribution is 5.96. The van der Waals surface area contributed by atoms with E-state index in [0.717, 1.165) is 5.56 Å². The number of hydrogen-bond donors (Lipinski definition) is 8. The zero-order chi connectivity index (χ0) is 47.1. The lowest BCUT2D eigenvalue weighted by Gasteiger charge is -2.31. The molecule has 2 aliphatic heterocycles. The number of nitrogens with zero attached hydrogens (tertiary/aromatic N) is 2. The predicted octanol–water partition coefficient (Wildman–Crippen LogP) is 0.481. The molecule has 21 heteroatoms. The van der Waals surface area contributed by atoms with Gasteiger partial charge in [-0.05, 0) is 67.3 Å². The molecule has 3 atom stereocenters. The quantitative estimate of drug-likeness (QED) is 0.0495. The van der Waals surface area contributed by atoms with E-state index in [9.17, 15) is 43.5 Å². The number of cyclic esters (lactones) is 1. The third-order valence-electron chi connectivity index (χ3n) is 12.6. The topological polar surface area (TPSA) is 285 Å². The number of amides is 6. The lowest BCUT2D eigenvalue weighted by atomic mass is 9.81. The second-order valence-electron chi connectivity index (χ2n) is 16.7. The van der Waals surface area contributed by atoms with Gasteiger partial charge in [-0.2, -0.15) is 0 Å². The molecular weight excluding hydrogens is 864 g/mol. The van der Waals surface area contributed by atoms with Crippen molar-refractivity contribution in [2.45, 2.75) is 88.8 Å². The maximum Gasteiger partial charge on any atom is 0.405 e. The Kier molecular flexibility index (Phi) is 12.3. The molecule has 1 saturated carbocycles. The number of aromatic nitrogens is 2. The maximum absolute atomic E-state index is 15.4. The van der Waals surface area contributed by atoms with Gasteiger partial charge in [0.1, 0.15) is 30.8 Å². The highest BCUT2D eigenvalue weighted by atomic mass is 19.1. The van der Waals surface area contributed by atoms with E-state index >= 15 is 4.39 Å². The van der Waals surface area contributed by atoms with Gasteiger partial charge < -0.3 is 56.2 Å². The van der Waals surface area contributed by atoms with E-state index in [0.29, 0.717) is 70.2 Å². The molecule has 0 bridgehead atoms. The number of carbonyl (C=O) groups is 7. The van der Waals surface area contributed by atoms with Crippen LogP contribution in [-0.2, 0) is 69.8 Å². The van der Waals surface area contributed by atoms with Crippen molar-refractivity contribution >= 4 is 52.5 Å². The summed E-state index contributed by atoms with van der Waals surface area (Å²) in [6.07, 6.45) is 0.0559. The molecule has 6 amide bonds. The third kappa shape index (κ3) is 8.65. The van der Waals surface area contributed by atoms with Gasteiger partial charge in [-0.15, -0.1) is 0 Å². The van der Waals surface area contributed by atoms with E-state index in [1.165, 1.54) is 10.6 Å². The molecule has 346 valence electrons. The summed E-state index contributed by atoms with van der Waals surface area (Å²) < 4.78 is 28.1. The van der Waals surface area contributed by atoms with Gasteiger partial charge in [-0.3, -0.25) is 28.8 Å². The van der Waals surface area contributed by atoms with Gasteiger partial charge in [0.05, 0.1) is 54.7 Å². The molecule has 4 heterocycles. The van der Waals surface area contributed by atoms with E-state index in [-0.39, 0.29) is 43.9 Å². The van der Waals surface area contributed by atoms with Crippen molar-refractivity contribution < 1.29 is 57.6 Å². The summed E-state index contributed by atoms with van der Waals surface area (Å²) in [5.41, 5.74) is 0.688. The number of fused-ring (bicyclic) bond motifs is 5. The minimum atomic E-state index is -2.05. The fraction of sp³-hybridized carbons (Fsp3) is 0.400. The number of carboxylic acid groups (broad SMARTS) is 1. The minimum absolute atomic E-state index is 0.0421. The van der Waals surface area contributed by atoms with Crippen LogP contribution in [0, 0.1) is 12.7 Å². The molecule has 66 heavy (non-hydrogen) atoms. The van der Waals surface area contributed by atoms with Gasteiger partial charge in [-0.25, -0.2) is 19.0 Å². The molecule has 0 unspecified atom stereocenters. The summed E-state index contributed by atoms with van der Waals surface area (Å²) in [6.45, 7) is 1.02. The lowest BCUT2D eigenvalue weighted by Crippen LogP contribution is -2.52. The standard InChI is InChI=1S/C45H47FN8O12/c1-3-45(64)27-14-32-38-25(19-54(32)40(59)26(27)20-65-42(45)61)37-29(10-9-24-22(2)28(46)15-30(52-38)36(24)37)53-41(60)44(11-12-44)66-21-50-34(56)16-48-39(58)31(13-23-7-5-4-6-8-23)51-35(57)18-47-33(55)17-49-43(62)63/h4-8,14-15,29,31,49,64H,3,9-13,16-21H2,1-2H3,(H,47,55)(H,48,58)(H,50,56)(H,51,57)(H,53,60)(H,62,63)/t29-,31-,45-/m0/s1. The monoisotopic (exact) mass is 910 g/mol. The van der Waals surface area contributed by atoms with Crippen LogP contribution >= 0.6 is 0 Å². The van der Waals surface area contributed by atoms with Crippen LogP contribution in [0.3, 0.4) is 0 Å². The Hall–Kier alpha value is -7.26. The summed E-state index contributed by atoms with van der Waals surface area (Å²) in [5, 5.41) is 35.5. The van der Waals surface area contributed by atoms with Crippen LogP contribution in [0.4, 0.5) is 9.18 Å². The fourth-order valence-corrected chi connectivity index (χ4v) is 8.85. The number of carbonyl (C=O) groups excluding carboxylic acids is 6. The predicted molar refractivity (Wildman–Crippen MR) is 229 cm³/mol. The number of esters is 1. The van der Waals surface area contributed by atoms with Crippen molar-refractivity contribution in [3.8, 4) is 11.4 Å². The second kappa shape index (κ2) is 18.0. The molecule has 4 aliphatic rings. The highest BCUT2D eigenvalue weighted by Gasteiger charge is 2.53. The van der Waals surface area contributed by atoms with Crippen LogP contribution in [0.15, 0.2) is 47.3 Å². The molecule has 8 N–H and O–H groups in total. The molecule has 8 rings (SSSR count). The van der Waals surface area contributed by atoms with Crippen LogP contribution in [-0.4, -0.2) is 99.4 Å². The normalized spacial score (nSPS) is 18.7. The Balaban J connectivity index is 0.928. The van der Waals surface area contributed by atoms with Gasteiger partial charge in [-0.1, -0.05) is 37.3 Å². The summed E-state index contributed by atoms with van der Waals surface area (Å²) in [7, 11) is 0. The lowest BCUT2D eigenvalue weighted by molar-refractivity contribution is -0.172. The van der Waals surface area contributed by atoms with Crippen molar-refractivity contribution in [1.82, 2.24) is 41.5 Å². The first-order valence-corrected chi connectivity index (χ1v) is 21.4. The van der Waals surface area contributed by atoms with Crippen LogP contribution < -0.4 is 37.5 Å². The number of aliphatic hydroxyl groups is 1. The Morgan fingerprint density at radius 2 is 1.67 bits per heavy atom. The SMILES string of the molecule is CC[C@@]1(O)C(=O)OCc2c1cc1n(c2=O)Cc2c-1nc1cc(F)c(C)c3c1c2[C@@H](NC(=O)C1(OCNC(=O)CNC(=O)[C@H](Cc2ccccc2)NC(=O)CNC(=O)CNC(=O)O)CC1)CC3. The third-order valence-corrected chi connectivity index (χ3v) is 12.6. The first kappa shape index (κ1) is 45.3. The molecule has 0 radical (unpaired) electrons. The fourth-order valence-electron chi connectivity index (χ4n) is 8.85. The molecular formula is C45H47FN8O12. The van der Waals surface area contributed by atoms with E-state index in [1.807, 2.05) is 5.32 Å². The molecule has 2 aliphatic carbocycles. The van der Waals surface area contributed by atoms with Crippen LogP contribution in [0.25, 0.3) is 22.3 Å². The zero-order valence-electron chi connectivity index (χ0n) is 35.9. The second-order valence-corrected chi connectivity index (χ2v) is 16.7. The number of pyridine rings is 2. The summed E-state index contributed by atoms with van der Waals surface area (Å²) in [4.78, 5) is 107.